The molecule has 2 unspecified atom stereocenters. The molecule has 1 aliphatic carbocycles. The summed E-state index contributed by atoms with van der Waals surface area (Å²) in [5, 5.41) is 0. The van der Waals surface area contributed by atoms with E-state index in [1.807, 2.05) is 30.3 Å². The minimum atomic E-state index is -0.151. The third-order valence-electron chi connectivity index (χ3n) is 4.95. The van der Waals surface area contributed by atoms with Gasteiger partial charge in [0.05, 0.1) is 12.5 Å². The van der Waals surface area contributed by atoms with Gasteiger partial charge in [-0.25, -0.2) is 0 Å². The van der Waals surface area contributed by atoms with Crippen molar-refractivity contribution in [1.82, 2.24) is 4.90 Å². The van der Waals surface area contributed by atoms with Crippen molar-refractivity contribution in [3.8, 4) is 0 Å². The van der Waals surface area contributed by atoms with Gasteiger partial charge >= 0.3 is 5.97 Å². The Hall–Kier alpha value is -1.61. The number of carbonyl (C=O) groups is 1. The number of nitrogens with zero attached hydrogens (tertiary/aromatic N) is 1. The SMILES string of the molecule is O=C(OCCCN1CCCC1)C(c1ccccc1)C1C=CCC1. The van der Waals surface area contributed by atoms with E-state index in [2.05, 4.69) is 17.1 Å². The van der Waals surface area contributed by atoms with Crippen LogP contribution < -0.4 is 0 Å². The van der Waals surface area contributed by atoms with E-state index >= 15 is 0 Å². The number of benzene rings is 1. The number of hydrogen-bond donors (Lipinski definition) is 0. The van der Waals surface area contributed by atoms with E-state index in [0.717, 1.165) is 31.4 Å². The van der Waals surface area contributed by atoms with Gasteiger partial charge < -0.3 is 9.64 Å². The standard InChI is InChI=1S/C20H27NO2/c22-20(23-16-8-15-21-13-6-7-14-21)19(18-11-4-5-12-18)17-9-2-1-3-10-17/h1-4,9-11,18-19H,5-8,12-16H2. The topological polar surface area (TPSA) is 29.5 Å². The van der Waals surface area contributed by atoms with Crippen molar-refractivity contribution >= 4 is 5.97 Å². The molecule has 1 aliphatic heterocycles. The van der Waals surface area contributed by atoms with Crippen molar-refractivity contribution in [3.05, 3.63) is 48.0 Å². The number of likely N-dealkylation sites (tertiary alicyclic amines) is 1. The highest BCUT2D eigenvalue weighted by molar-refractivity contribution is 5.79. The first kappa shape index (κ1) is 16.3. The fourth-order valence-electron chi connectivity index (χ4n) is 3.71. The summed E-state index contributed by atoms with van der Waals surface area (Å²) in [6.07, 6.45) is 10.0. The highest BCUT2D eigenvalue weighted by Crippen LogP contribution is 2.34. The number of rotatable bonds is 7. The van der Waals surface area contributed by atoms with Crippen molar-refractivity contribution in [2.24, 2.45) is 5.92 Å². The summed E-state index contributed by atoms with van der Waals surface area (Å²) < 4.78 is 5.63. The number of esters is 1. The summed E-state index contributed by atoms with van der Waals surface area (Å²) in [4.78, 5) is 15.1. The number of ether oxygens (including phenoxy) is 1. The zero-order valence-electron chi connectivity index (χ0n) is 13.8. The summed E-state index contributed by atoms with van der Waals surface area (Å²) in [6.45, 7) is 3.99. The molecule has 1 saturated heterocycles. The predicted octanol–water partition coefficient (Wildman–Crippen LogP) is 3.77. The predicted molar refractivity (Wildman–Crippen MR) is 92.3 cm³/mol. The number of allylic oxidation sites excluding steroid dienone is 2. The minimum absolute atomic E-state index is 0.0610. The van der Waals surface area contributed by atoms with Gasteiger partial charge in [-0.15, -0.1) is 0 Å². The molecule has 3 rings (SSSR count). The molecule has 23 heavy (non-hydrogen) atoms. The van der Waals surface area contributed by atoms with Crippen LogP contribution in [0.3, 0.4) is 0 Å². The van der Waals surface area contributed by atoms with Gasteiger partial charge in [-0.2, -0.15) is 0 Å². The van der Waals surface area contributed by atoms with Crippen LogP contribution in [0.1, 0.15) is 43.6 Å². The van der Waals surface area contributed by atoms with Crippen LogP contribution in [-0.2, 0) is 9.53 Å². The second kappa shape index (κ2) is 8.30. The third kappa shape index (κ3) is 4.44. The average molecular weight is 313 g/mol. The molecule has 1 heterocycles. The van der Waals surface area contributed by atoms with Gasteiger partial charge in [0, 0.05) is 6.54 Å². The van der Waals surface area contributed by atoms with Gasteiger partial charge in [0.1, 0.15) is 0 Å². The molecular weight excluding hydrogens is 286 g/mol. The molecule has 124 valence electrons. The van der Waals surface area contributed by atoms with Crippen LogP contribution >= 0.6 is 0 Å². The van der Waals surface area contributed by atoms with Crippen LogP contribution in [0.4, 0.5) is 0 Å². The Bertz CT molecular complexity index is 520. The molecule has 3 nitrogen and oxygen atoms in total. The van der Waals surface area contributed by atoms with Crippen molar-refractivity contribution in [1.29, 1.82) is 0 Å². The first-order valence-corrected chi connectivity index (χ1v) is 8.95. The highest BCUT2D eigenvalue weighted by atomic mass is 16.5. The summed E-state index contributed by atoms with van der Waals surface area (Å²) in [6, 6.07) is 10.1. The molecule has 0 bridgehead atoms. The van der Waals surface area contributed by atoms with E-state index in [0.29, 0.717) is 6.61 Å². The molecule has 0 radical (unpaired) electrons. The number of carbonyl (C=O) groups excluding carboxylic acids is 1. The molecule has 0 amide bonds. The lowest BCUT2D eigenvalue weighted by Crippen LogP contribution is -2.25. The second-order valence-corrected chi connectivity index (χ2v) is 6.63. The average Bonchev–Trinajstić information content (AvgIpc) is 3.27. The second-order valence-electron chi connectivity index (χ2n) is 6.63. The quantitative estimate of drug-likeness (QED) is 0.436. The van der Waals surface area contributed by atoms with Crippen molar-refractivity contribution < 1.29 is 9.53 Å². The first-order chi connectivity index (χ1) is 11.3. The Morgan fingerprint density at radius 2 is 2.00 bits per heavy atom. The maximum Gasteiger partial charge on any atom is 0.314 e. The maximum absolute atomic E-state index is 12.7. The van der Waals surface area contributed by atoms with Gasteiger partial charge in [0.2, 0.25) is 0 Å². The lowest BCUT2D eigenvalue weighted by molar-refractivity contribution is -0.146. The van der Waals surface area contributed by atoms with E-state index in [1.165, 1.54) is 25.9 Å². The molecule has 3 heteroatoms. The van der Waals surface area contributed by atoms with Crippen LogP contribution in [0.25, 0.3) is 0 Å². The minimum Gasteiger partial charge on any atom is -0.465 e. The van der Waals surface area contributed by atoms with Crippen LogP contribution in [-0.4, -0.2) is 37.1 Å². The molecule has 0 aromatic heterocycles. The molecule has 2 atom stereocenters. The molecule has 1 fully saturated rings. The summed E-state index contributed by atoms with van der Waals surface area (Å²) in [7, 11) is 0. The van der Waals surface area contributed by atoms with E-state index in [-0.39, 0.29) is 17.8 Å². The van der Waals surface area contributed by atoms with Gasteiger partial charge in [0.15, 0.2) is 0 Å². The van der Waals surface area contributed by atoms with Gasteiger partial charge in [0.25, 0.3) is 0 Å². The molecule has 1 aromatic carbocycles. The Labute approximate surface area is 139 Å². The van der Waals surface area contributed by atoms with Crippen molar-refractivity contribution in [2.75, 3.05) is 26.2 Å². The summed E-state index contributed by atoms with van der Waals surface area (Å²) >= 11 is 0. The number of hydrogen-bond acceptors (Lipinski definition) is 3. The first-order valence-electron chi connectivity index (χ1n) is 8.95. The van der Waals surface area contributed by atoms with E-state index < -0.39 is 0 Å². The zero-order valence-corrected chi connectivity index (χ0v) is 13.8. The fourth-order valence-corrected chi connectivity index (χ4v) is 3.71. The third-order valence-corrected chi connectivity index (χ3v) is 4.95. The Morgan fingerprint density at radius 3 is 2.70 bits per heavy atom. The van der Waals surface area contributed by atoms with Crippen LogP contribution in [0.2, 0.25) is 0 Å². The summed E-state index contributed by atoms with van der Waals surface area (Å²) in [5.41, 5.74) is 1.08. The van der Waals surface area contributed by atoms with Gasteiger partial charge in [-0.1, -0.05) is 42.5 Å². The molecule has 0 spiro atoms. The lowest BCUT2D eigenvalue weighted by atomic mass is 9.85. The fraction of sp³-hybridized carbons (Fsp3) is 0.550. The Morgan fingerprint density at radius 1 is 1.22 bits per heavy atom. The molecule has 0 saturated carbocycles. The molecular formula is C20H27NO2. The monoisotopic (exact) mass is 313 g/mol. The molecule has 2 aliphatic rings. The van der Waals surface area contributed by atoms with E-state index in [1.54, 1.807) is 0 Å². The van der Waals surface area contributed by atoms with Crippen LogP contribution in [0.5, 0.6) is 0 Å². The van der Waals surface area contributed by atoms with E-state index in [9.17, 15) is 4.79 Å². The Balaban J connectivity index is 1.53. The normalized spacial score (nSPS) is 22.3. The largest absolute Gasteiger partial charge is 0.465 e. The van der Waals surface area contributed by atoms with Gasteiger partial charge in [-0.05, 0) is 56.7 Å². The Kier molecular flexibility index (Phi) is 5.87. The zero-order chi connectivity index (χ0) is 15.9. The van der Waals surface area contributed by atoms with E-state index in [4.69, 9.17) is 4.74 Å². The van der Waals surface area contributed by atoms with Gasteiger partial charge in [-0.3, -0.25) is 4.79 Å². The smallest absolute Gasteiger partial charge is 0.314 e. The van der Waals surface area contributed by atoms with Crippen LogP contribution in [0.15, 0.2) is 42.5 Å². The lowest BCUT2D eigenvalue weighted by Gasteiger charge is -2.22. The van der Waals surface area contributed by atoms with Crippen molar-refractivity contribution in [3.63, 3.8) is 0 Å². The highest BCUT2D eigenvalue weighted by Gasteiger charge is 2.30. The van der Waals surface area contributed by atoms with Crippen LogP contribution in [0, 0.1) is 5.92 Å². The molecule has 1 aromatic rings. The molecule has 0 N–H and O–H groups in total. The van der Waals surface area contributed by atoms with Crippen molar-refractivity contribution in [2.45, 2.75) is 38.0 Å². The summed E-state index contributed by atoms with van der Waals surface area (Å²) in [5.74, 6) is 0.0689. The maximum atomic E-state index is 12.7.